The molecule has 0 aromatic heterocycles. The summed E-state index contributed by atoms with van der Waals surface area (Å²) in [6, 6.07) is 6.09. The van der Waals surface area contributed by atoms with Crippen LogP contribution >= 0.6 is 0 Å². The Balaban J connectivity index is 1.67. The number of phenols is 1. The molecule has 1 aromatic carbocycles. The number of phenolic OH excluding ortho intramolecular Hbond substituents is 1. The Morgan fingerprint density at radius 2 is 1.85 bits per heavy atom. The second-order valence-corrected chi connectivity index (χ2v) is 9.60. The van der Waals surface area contributed by atoms with E-state index in [1.54, 1.807) is 12.1 Å². The summed E-state index contributed by atoms with van der Waals surface area (Å²) < 4.78 is 12.0. The van der Waals surface area contributed by atoms with Gasteiger partial charge in [0.1, 0.15) is 11.9 Å². The summed E-state index contributed by atoms with van der Waals surface area (Å²) in [4.78, 5) is 12.8. The first kappa shape index (κ1) is 18.8. The van der Waals surface area contributed by atoms with Crippen molar-refractivity contribution in [3.63, 3.8) is 0 Å². The highest BCUT2D eigenvalue weighted by Crippen LogP contribution is 2.63. The number of aliphatic hydroxyl groups is 1. The zero-order chi connectivity index (χ0) is 19.6. The van der Waals surface area contributed by atoms with Gasteiger partial charge in [0.25, 0.3) is 0 Å². The fraction of sp³-hybridized carbons (Fsp3) is 0.682. The zero-order valence-electron chi connectivity index (χ0n) is 16.6. The maximum atomic E-state index is 12.8. The summed E-state index contributed by atoms with van der Waals surface area (Å²) in [6.07, 6.45) is 2.92. The molecule has 1 saturated heterocycles. The van der Waals surface area contributed by atoms with Crippen LogP contribution < -0.4 is 0 Å². The van der Waals surface area contributed by atoms with Crippen LogP contribution in [0.15, 0.2) is 24.3 Å². The van der Waals surface area contributed by atoms with Gasteiger partial charge in [0.2, 0.25) is 0 Å². The third kappa shape index (κ3) is 2.95. The molecule has 0 amide bonds. The van der Waals surface area contributed by atoms with Crippen molar-refractivity contribution in [1.29, 1.82) is 0 Å². The third-order valence-electron chi connectivity index (χ3n) is 7.41. The molecule has 0 radical (unpaired) electrons. The van der Waals surface area contributed by atoms with E-state index in [9.17, 15) is 15.0 Å². The van der Waals surface area contributed by atoms with E-state index < -0.39 is 17.7 Å². The maximum absolute atomic E-state index is 12.8. The Morgan fingerprint density at radius 3 is 2.48 bits per heavy atom. The average molecular weight is 374 g/mol. The van der Waals surface area contributed by atoms with Crippen molar-refractivity contribution in [3.8, 4) is 5.75 Å². The van der Waals surface area contributed by atoms with E-state index in [1.165, 1.54) is 12.1 Å². The molecule has 0 unspecified atom stereocenters. The molecule has 1 heterocycles. The molecule has 6 atom stereocenters. The van der Waals surface area contributed by atoms with Gasteiger partial charge in [0.15, 0.2) is 0 Å². The van der Waals surface area contributed by atoms with Crippen molar-refractivity contribution in [1.82, 2.24) is 0 Å². The number of fused-ring (bicyclic) bond motifs is 2. The highest BCUT2D eigenvalue weighted by Gasteiger charge is 2.68. The average Bonchev–Trinajstić information content (AvgIpc) is 3.12. The van der Waals surface area contributed by atoms with E-state index in [-0.39, 0.29) is 34.7 Å². The summed E-state index contributed by atoms with van der Waals surface area (Å²) in [6.45, 7) is 8.40. The molecule has 2 saturated carbocycles. The fourth-order valence-electron chi connectivity index (χ4n) is 5.63. The molecule has 148 valence electrons. The molecule has 5 nitrogen and oxygen atoms in total. The molecule has 3 fully saturated rings. The number of carbonyl (C=O) groups excluding carboxylic acids is 1. The lowest BCUT2D eigenvalue weighted by atomic mass is 9.67. The lowest BCUT2D eigenvalue weighted by Gasteiger charge is -2.44. The molecule has 0 bridgehead atoms. The number of aromatic hydroxyl groups is 1. The van der Waals surface area contributed by atoms with Crippen LogP contribution in [-0.2, 0) is 9.47 Å². The second-order valence-electron chi connectivity index (χ2n) is 9.60. The van der Waals surface area contributed by atoms with Gasteiger partial charge >= 0.3 is 5.97 Å². The van der Waals surface area contributed by atoms with E-state index in [2.05, 4.69) is 27.7 Å². The normalized spacial score (nSPS) is 43.0. The first-order valence-electron chi connectivity index (χ1n) is 9.98. The van der Waals surface area contributed by atoms with Gasteiger partial charge < -0.3 is 19.7 Å². The van der Waals surface area contributed by atoms with Crippen molar-refractivity contribution in [2.75, 3.05) is 0 Å². The van der Waals surface area contributed by atoms with Crippen LogP contribution in [-0.4, -0.2) is 39.6 Å². The van der Waals surface area contributed by atoms with Crippen molar-refractivity contribution in [3.05, 3.63) is 29.8 Å². The first-order chi connectivity index (χ1) is 12.6. The topological polar surface area (TPSA) is 79.3 Å². The molecule has 1 aromatic rings. The van der Waals surface area contributed by atoms with Gasteiger partial charge in [-0.2, -0.15) is 0 Å². The number of benzene rings is 1. The number of hydrogen-bond acceptors (Lipinski definition) is 5. The van der Waals surface area contributed by atoms with Gasteiger partial charge in [-0.15, -0.1) is 0 Å². The Kier molecular flexibility index (Phi) is 4.13. The van der Waals surface area contributed by atoms with Gasteiger partial charge in [-0.1, -0.05) is 20.8 Å². The van der Waals surface area contributed by atoms with Crippen LogP contribution in [0.3, 0.4) is 0 Å². The number of esters is 1. The van der Waals surface area contributed by atoms with Crippen LogP contribution in [0, 0.1) is 17.3 Å². The van der Waals surface area contributed by atoms with E-state index >= 15 is 0 Å². The van der Waals surface area contributed by atoms with Crippen LogP contribution in [0.25, 0.3) is 0 Å². The number of carbonyl (C=O) groups is 1. The van der Waals surface area contributed by atoms with Gasteiger partial charge in [0.05, 0.1) is 22.9 Å². The van der Waals surface area contributed by atoms with Crippen molar-refractivity contribution < 1.29 is 24.5 Å². The van der Waals surface area contributed by atoms with E-state index in [4.69, 9.17) is 9.47 Å². The molecule has 27 heavy (non-hydrogen) atoms. The smallest absolute Gasteiger partial charge is 0.338 e. The van der Waals surface area contributed by atoms with Gasteiger partial charge in [0, 0.05) is 12.3 Å². The van der Waals surface area contributed by atoms with Gasteiger partial charge in [-0.3, -0.25) is 0 Å². The van der Waals surface area contributed by atoms with E-state index in [0.29, 0.717) is 12.0 Å². The molecule has 3 aliphatic rings. The summed E-state index contributed by atoms with van der Waals surface area (Å²) in [5.41, 5.74) is -0.826. The lowest BCUT2D eigenvalue weighted by molar-refractivity contribution is -0.120. The quantitative estimate of drug-likeness (QED) is 0.623. The summed E-state index contributed by atoms with van der Waals surface area (Å²) in [5.74, 6) is -0.329. The highest BCUT2D eigenvalue weighted by molar-refractivity contribution is 5.89. The fourth-order valence-corrected chi connectivity index (χ4v) is 5.63. The second kappa shape index (κ2) is 5.95. The Bertz CT molecular complexity index is 744. The molecular formula is C22H30O5. The van der Waals surface area contributed by atoms with E-state index in [1.807, 2.05) is 0 Å². The first-order valence-corrected chi connectivity index (χ1v) is 9.98. The SMILES string of the molecule is CC(C)[C@]1(O)CC[C@]2(C)C[C@@H]3O[C@]3(C)C[C@H](OC(=O)c3ccc(O)cc3)[C@@H]21. The Morgan fingerprint density at radius 1 is 1.19 bits per heavy atom. The molecule has 2 aliphatic carbocycles. The van der Waals surface area contributed by atoms with Crippen molar-refractivity contribution in [2.24, 2.45) is 17.3 Å². The Hall–Kier alpha value is -1.59. The van der Waals surface area contributed by atoms with Crippen LogP contribution in [0.4, 0.5) is 0 Å². The van der Waals surface area contributed by atoms with Crippen molar-refractivity contribution in [2.45, 2.75) is 76.8 Å². The number of hydrogen-bond donors (Lipinski definition) is 2. The summed E-state index contributed by atoms with van der Waals surface area (Å²) in [5, 5.41) is 21.0. The predicted molar refractivity (Wildman–Crippen MR) is 100 cm³/mol. The van der Waals surface area contributed by atoms with Gasteiger partial charge in [-0.05, 0) is 61.8 Å². The molecular weight excluding hydrogens is 344 g/mol. The standard InChI is InChI=1S/C22H30O5/c1-13(2)22(25)10-9-20(3)12-17-21(4,27-17)11-16(18(20)22)26-19(24)14-5-7-15(23)8-6-14/h5-8,13,16-18,23,25H,9-12H2,1-4H3/t16-,17-,18-,20+,21+,22+/m0/s1. The number of rotatable bonds is 3. The molecule has 5 heteroatoms. The minimum Gasteiger partial charge on any atom is -0.508 e. The highest BCUT2D eigenvalue weighted by atomic mass is 16.6. The molecule has 2 N–H and O–H groups in total. The Labute approximate surface area is 160 Å². The minimum atomic E-state index is -0.845. The monoisotopic (exact) mass is 374 g/mol. The number of epoxide rings is 1. The molecule has 0 spiro atoms. The van der Waals surface area contributed by atoms with Crippen LogP contribution in [0.2, 0.25) is 0 Å². The number of ether oxygens (including phenoxy) is 2. The minimum absolute atomic E-state index is 0.0855. The van der Waals surface area contributed by atoms with Crippen molar-refractivity contribution >= 4 is 5.97 Å². The predicted octanol–water partition coefficient (Wildman–Crippen LogP) is 3.67. The van der Waals surface area contributed by atoms with Crippen LogP contribution in [0.1, 0.15) is 63.7 Å². The zero-order valence-corrected chi connectivity index (χ0v) is 16.6. The van der Waals surface area contributed by atoms with Gasteiger partial charge in [-0.25, -0.2) is 4.79 Å². The van der Waals surface area contributed by atoms with Crippen LogP contribution in [0.5, 0.6) is 5.75 Å². The summed E-state index contributed by atoms with van der Waals surface area (Å²) >= 11 is 0. The largest absolute Gasteiger partial charge is 0.508 e. The summed E-state index contributed by atoms with van der Waals surface area (Å²) in [7, 11) is 0. The maximum Gasteiger partial charge on any atom is 0.338 e. The lowest BCUT2D eigenvalue weighted by Crippen LogP contribution is -2.50. The third-order valence-corrected chi connectivity index (χ3v) is 7.41. The molecule has 1 aliphatic heterocycles. The van der Waals surface area contributed by atoms with E-state index in [0.717, 1.165) is 19.3 Å². The molecule has 4 rings (SSSR count).